The summed E-state index contributed by atoms with van der Waals surface area (Å²) in [6.07, 6.45) is 8.09. The number of nitrogens with zero attached hydrogens (tertiary/aromatic N) is 4. The Morgan fingerprint density at radius 2 is 1.00 bits per heavy atom. The highest BCUT2D eigenvalue weighted by Gasteiger charge is 2.31. The van der Waals surface area contributed by atoms with Crippen LogP contribution in [-0.4, -0.2) is 9.13 Å². The van der Waals surface area contributed by atoms with Gasteiger partial charge in [0.1, 0.15) is 0 Å². The maximum atomic E-state index is 13.5. The molecule has 0 atom stereocenters. The van der Waals surface area contributed by atoms with Crippen molar-refractivity contribution < 1.29 is 22.3 Å². The van der Waals surface area contributed by atoms with Crippen molar-refractivity contribution >= 4 is 24.3 Å². The molecule has 296 valence electrons. The number of aromatic nitrogens is 4. The molecule has 0 unspecified atom stereocenters. The summed E-state index contributed by atoms with van der Waals surface area (Å²) in [4.78, 5) is 0. The summed E-state index contributed by atoms with van der Waals surface area (Å²) in [5.41, 5.74) is 19.5. The number of halogens is 3. The van der Waals surface area contributed by atoms with Gasteiger partial charge in [0, 0.05) is 83.4 Å². The molecule has 0 radical (unpaired) electrons. The number of hydrogen-bond donors (Lipinski definition) is 0. The zero-order chi connectivity index (χ0) is 41.0. The minimum absolute atomic E-state index is 0.512. The van der Waals surface area contributed by atoms with Crippen LogP contribution in [0.5, 0.6) is 0 Å². The molecule has 7 heteroatoms. The van der Waals surface area contributed by atoms with Crippen molar-refractivity contribution in [2.45, 2.75) is 79.6 Å². The van der Waals surface area contributed by atoms with E-state index in [0.717, 1.165) is 67.5 Å². The molecule has 0 saturated carbocycles. The first kappa shape index (κ1) is 38.3. The van der Waals surface area contributed by atoms with Gasteiger partial charge in [0.2, 0.25) is 11.4 Å². The first-order chi connectivity index (χ1) is 28.4. The van der Waals surface area contributed by atoms with Crippen molar-refractivity contribution in [2.75, 3.05) is 0 Å². The van der Waals surface area contributed by atoms with E-state index in [1.807, 2.05) is 24.5 Å². The van der Waals surface area contributed by atoms with Gasteiger partial charge < -0.3 is 9.13 Å². The van der Waals surface area contributed by atoms with Crippen molar-refractivity contribution in [1.82, 2.24) is 9.13 Å². The van der Waals surface area contributed by atoms with Crippen LogP contribution in [0, 0.1) is 34.6 Å². The van der Waals surface area contributed by atoms with E-state index in [1.54, 1.807) is 6.07 Å². The Bertz CT molecular complexity index is 2830. The van der Waals surface area contributed by atoms with Gasteiger partial charge in [-0.3, -0.25) is 0 Å². The minimum atomic E-state index is -4.39. The normalized spacial score (nSPS) is 13.9. The number of rotatable bonds is 6. The van der Waals surface area contributed by atoms with E-state index in [4.69, 9.17) is 0 Å². The second kappa shape index (κ2) is 15.2. The lowest BCUT2D eigenvalue weighted by atomic mass is 9.89. The number of pyridine rings is 2. The fourth-order valence-electron chi connectivity index (χ4n) is 9.52. The minimum Gasteiger partial charge on any atom is -0.318 e. The van der Waals surface area contributed by atoms with Gasteiger partial charge in [-0.2, -0.15) is 22.3 Å². The lowest BCUT2D eigenvalue weighted by Gasteiger charge is -2.13. The molecule has 59 heavy (non-hydrogen) atoms. The molecule has 0 bridgehead atoms. The highest BCUT2D eigenvalue weighted by atomic mass is 19.4. The van der Waals surface area contributed by atoms with Crippen LogP contribution >= 0.6 is 0 Å². The summed E-state index contributed by atoms with van der Waals surface area (Å²) in [5.74, 6) is 0. The van der Waals surface area contributed by atoms with Gasteiger partial charge in [-0.25, -0.2) is 0 Å². The van der Waals surface area contributed by atoms with Gasteiger partial charge >= 0.3 is 6.18 Å². The monoisotopic (exact) mass is 786 g/mol. The lowest BCUT2D eigenvalue weighted by Crippen LogP contribution is -2.41. The van der Waals surface area contributed by atoms with Crippen molar-refractivity contribution in [2.24, 2.45) is 0 Å². The number of aryl methyl sites for hydroxylation is 5. The molecule has 9 rings (SSSR count). The molecule has 0 fully saturated rings. The topological polar surface area (TPSA) is 17.6 Å². The highest BCUT2D eigenvalue weighted by Crippen LogP contribution is 2.33. The zero-order valence-electron chi connectivity index (χ0n) is 34.4. The third-order valence-corrected chi connectivity index (χ3v) is 12.5. The zero-order valence-corrected chi connectivity index (χ0v) is 34.4. The molecular weight excluding hydrogens is 738 g/mol. The molecular formula is C52H49F3N4+2. The molecule has 0 N–H and O–H groups in total. The van der Waals surface area contributed by atoms with E-state index in [-0.39, 0.29) is 0 Å². The molecule has 2 aliphatic rings. The summed E-state index contributed by atoms with van der Waals surface area (Å²) in [6.45, 7) is 12.2. The molecule has 3 aromatic carbocycles. The SMILES string of the molecule is Cc1cccc(-n2c(C)cc(/C=C/c3cccc4[n+]3CCc3ccc5c(c3C4)Cc3cccc(/C=C/c4cc(C)n(-c6cccc(C(F)(F)F)c6)c4C)[n+]3CC5)c2C)c1. The van der Waals surface area contributed by atoms with Gasteiger partial charge in [0.25, 0.3) is 0 Å². The average Bonchev–Trinajstić information content (AvgIpc) is 3.46. The number of alkyl halides is 3. The van der Waals surface area contributed by atoms with E-state index in [2.05, 4.69) is 138 Å². The molecule has 4 nitrogen and oxygen atoms in total. The average molecular weight is 787 g/mol. The van der Waals surface area contributed by atoms with Crippen LogP contribution in [0.15, 0.2) is 109 Å². The molecule has 2 aliphatic heterocycles. The first-order valence-corrected chi connectivity index (χ1v) is 20.6. The van der Waals surface area contributed by atoms with Gasteiger partial charge in [0.15, 0.2) is 24.5 Å². The van der Waals surface area contributed by atoms with Crippen molar-refractivity contribution in [3.63, 3.8) is 0 Å². The summed E-state index contributed by atoms with van der Waals surface area (Å²) in [5, 5.41) is 0. The predicted molar refractivity (Wildman–Crippen MR) is 231 cm³/mol. The predicted octanol–water partition coefficient (Wildman–Crippen LogP) is 11.0. The maximum Gasteiger partial charge on any atom is 0.416 e. The van der Waals surface area contributed by atoms with Gasteiger partial charge in [-0.1, -0.05) is 30.3 Å². The Balaban J connectivity index is 0.987. The van der Waals surface area contributed by atoms with Gasteiger partial charge in [-0.05, 0) is 140 Å². The van der Waals surface area contributed by atoms with Crippen LogP contribution in [0.25, 0.3) is 35.7 Å². The third-order valence-electron chi connectivity index (χ3n) is 12.5. The molecule has 0 aliphatic carbocycles. The fourth-order valence-corrected chi connectivity index (χ4v) is 9.52. The second-order valence-corrected chi connectivity index (χ2v) is 16.3. The number of benzene rings is 3. The molecule has 0 amide bonds. The largest absolute Gasteiger partial charge is 0.416 e. The van der Waals surface area contributed by atoms with Crippen LogP contribution in [0.4, 0.5) is 13.2 Å². The number of hydrogen-bond acceptors (Lipinski definition) is 0. The Labute approximate surface area is 344 Å². The van der Waals surface area contributed by atoms with E-state index in [1.165, 1.54) is 79.7 Å². The van der Waals surface area contributed by atoms with E-state index in [9.17, 15) is 13.2 Å². The first-order valence-electron chi connectivity index (χ1n) is 20.6. The molecule has 0 spiro atoms. The van der Waals surface area contributed by atoms with Crippen LogP contribution in [0.3, 0.4) is 0 Å². The van der Waals surface area contributed by atoms with E-state index >= 15 is 0 Å². The second-order valence-electron chi connectivity index (χ2n) is 16.3. The quantitative estimate of drug-likeness (QED) is 0.149. The Hall–Kier alpha value is -6.21. The maximum absolute atomic E-state index is 13.5. The standard InChI is InChI=1S/C52H49F3N4/c1-34-10-6-16-48(28-34)58-35(2)29-41(37(58)4)20-22-44-12-8-14-46-32-50-39(24-26-56(44)46)18-19-40-25-27-57-45(13-9-15-47(57)33-51(40)50)23-21-42-30-36(3)59(38(42)5)49-17-7-11-43(31-49)52(53,54)55/h6-23,28-31H,24-27,32-33H2,1-5H3/q+2. The Morgan fingerprint density at radius 3 is 1.49 bits per heavy atom. The van der Waals surface area contributed by atoms with Crippen LogP contribution < -0.4 is 9.13 Å². The summed E-state index contributed by atoms with van der Waals surface area (Å²) < 4.78 is 49.8. The lowest BCUT2D eigenvalue weighted by molar-refractivity contribution is -0.704. The van der Waals surface area contributed by atoms with Crippen molar-refractivity contribution in [1.29, 1.82) is 0 Å². The van der Waals surface area contributed by atoms with Crippen LogP contribution in [0.2, 0.25) is 0 Å². The molecule has 7 aromatic rings. The smallest absolute Gasteiger partial charge is 0.318 e. The van der Waals surface area contributed by atoms with Crippen molar-refractivity contribution in [3.8, 4) is 11.4 Å². The third kappa shape index (κ3) is 7.28. The van der Waals surface area contributed by atoms with Gasteiger partial charge in [0.05, 0.1) is 18.4 Å². The summed E-state index contributed by atoms with van der Waals surface area (Å²) >= 11 is 0. The Morgan fingerprint density at radius 1 is 0.525 bits per heavy atom. The summed E-state index contributed by atoms with van der Waals surface area (Å²) in [6, 6.07) is 36.6. The number of fused-ring (bicyclic) bond motifs is 5. The fraction of sp³-hybridized carbons (Fsp3) is 0.231. The van der Waals surface area contributed by atoms with E-state index in [0.29, 0.717) is 5.69 Å². The molecule has 6 heterocycles. The highest BCUT2D eigenvalue weighted by molar-refractivity contribution is 5.71. The van der Waals surface area contributed by atoms with Crippen LogP contribution in [-0.2, 0) is 44.9 Å². The Kier molecular flexibility index (Phi) is 9.86. The summed E-state index contributed by atoms with van der Waals surface area (Å²) in [7, 11) is 0. The van der Waals surface area contributed by atoms with Crippen LogP contribution in [0.1, 0.15) is 90.1 Å². The van der Waals surface area contributed by atoms with Gasteiger partial charge in [-0.15, -0.1) is 0 Å². The molecule has 0 saturated heterocycles. The van der Waals surface area contributed by atoms with Crippen molar-refractivity contribution in [3.05, 3.63) is 199 Å². The van der Waals surface area contributed by atoms with E-state index < -0.39 is 11.7 Å². The molecule has 4 aromatic heterocycles.